The van der Waals surface area contributed by atoms with Crippen LogP contribution in [0.25, 0.3) is 5.69 Å². The number of benzene rings is 2. The van der Waals surface area contributed by atoms with Crippen LogP contribution in [0.15, 0.2) is 42.5 Å². The quantitative estimate of drug-likeness (QED) is 0.701. The third-order valence-electron chi connectivity index (χ3n) is 4.89. The van der Waals surface area contributed by atoms with Crippen molar-refractivity contribution in [1.29, 1.82) is 0 Å². The van der Waals surface area contributed by atoms with E-state index in [1.165, 1.54) is 12.1 Å². The van der Waals surface area contributed by atoms with Gasteiger partial charge in [0.15, 0.2) is 11.6 Å². The Morgan fingerprint density at radius 2 is 1.74 bits per heavy atom. The molecule has 1 aromatic heterocycles. The number of hydrogen-bond acceptors (Lipinski definition) is 3. The maximum absolute atomic E-state index is 13.3. The van der Waals surface area contributed by atoms with E-state index in [9.17, 15) is 9.18 Å². The number of nitrogens with one attached hydrogen (secondary N) is 1. The summed E-state index contributed by atoms with van der Waals surface area (Å²) >= 11 is 0. The van der Waals surface area contributed by atoms with Crippen molar-refractivity contribution in [1.82, 2.24) is 9.78 Å². The van der Waals surface area contributed by atoms with Gasteiger partial charge in [-0.1, -0.05) is 13.0 Å². The molecular weight excluding hydrogens is 341 g/mol. The Balaban J connectivity index is 1.83. The molecule has 2 aromatic carbocycles. The highest BCUT2D eigenvalue weighted by molar-refractivity contribution is 6.03. The van der Waals surface area contributed by atoms with Gasteiger partial charge in [-0.05, 0) is 73.7 Å². The minimum Gasteiger partial charge on any atom is -0.338 e. The molecule has 5 heteroatoms. The number of anilines is 2. The average Bonchev–Trinajstić information content (AvgIpc) is 2.93. The first kappa shape index (κ1) is 17.5. The van der Waals surface area contributed by atoms with Crippen molar-refractivity contribution in [2.75, 3.05) is 5.32 Å². The summed E-state index contributed by atoms with van der Waals surface area (Å²) in [6, 6.07) is 12.4. The van der Waals surface area contributed by atoms with Gasteiger partial charge in [0.2, 0.25) is 0 Å². The molecule has 27 heavy (non-hydrogen) atoms. The molecule has 0 bridgehead atoms. The van der Waals surface area contributed by atoms with Gasteiger partial charge >= 0.3 is 0 Å². The van der Waals surface area contributed by atoms with Crippen LogP contribution in [-0.2, 0) is 6.42 Å². The van der Waals surface area contributed by atoms with Crippen molar-refractivity contribution < 1.29 is 9.18 Å². The minimum absolute atomic E-state index is 0.101. The van der Waals surface area contributed by atoms with Crippen LogP contribution in [0.2, 0.25) is 0 Å². The zero-order valence-corrected chi connectivity index (χ0v) is 15.7. The molecule has 0 aliphatic heterocycles. The van der Waals surface area contributed by atoms with Crippen LogP contribution >= 0.6 is 0 Å². The summed E-state index contributed by atoms with van der Waals surface area (Å²) < 4.78 is 15.1. The number of nitrogens with zero attached hydrogens (tertiary/aromatic N) is 2. The zero-order chi connectivity index (χ0) is 19.1. The first-order valence-corrected chi connectivity index (χ1v) is 9.17. The van der Waals surface area contributed by atoms with Crippen LogP contribution in [0.5, 0.6) is 0 Å². The summed E-state index contributed by atoms with van der Waals surface area (Å²) in [6.45, 7) is 6.15. The van der Waals surface area contributed by atoms with E-state index in [0.717, 1.165) is 34.6 Å². The first-order chi connectivity index (χ1) is 12.9. The number of carbonyl (C=O) groups excluding carboxylic acids is 1. The van der Waals surface area contributed by atoms with E-state index in [1.54, 1.807) is 16.8 Å². The van der Waals surface area contributed by atoms with Crippen molar-refractivity contribution in [2.45, 2.75) is 33.6 Å². The molecule has 4 rings (SSSR count). The van der Waals surface area contributed by atoms with Crippen molar-refractivity contribution in [3.05, 3.63) is 70.7 Å². The lowest BCUT2D eigenvalue weighted by atomic mass is 9.87. The van der Waals surface area contributed by atoms with E-state index in [2.05, 4.69) is 18.3 Å². The first-order valence-electron chi connectivity index (χ1n) is 9.17. The summed E-state index contributed by atoms with van der Waals surface area (Å²) in [5, 5.41) is 8.03. The maximum atomic E-state index is 13.3. The van der Waals surface area contributed by atoms with E-state index in [1.807, 2.05) is 26.0 Å². The zero-order valence-electron chi connectivity index (χ0n) is 15.7. The van der Waals surface area contributed by atoms with Crippen LogP contribution in [0.4, 0.5) is 15.9 Å². The SMILES string of the molecule is Cc1cc(C)cc(Nc2nn(-c3ccc(F)cc3)c3c2C(=O)CC(C)C3)c1. The molecule has 1 aliphatic rings. The number of aromatic nitrogens is 2. The van der Waals surface area contributed by atoms with Crippen LogP contribution in [0, 0.1) is 25.6 Å². The molecule has 4 nitrogen and oxygen atoms in total. The van der Waals surface area contributed by atoms with E-state index in [4.69, 9.17) is 5.10 Å². The third-order valence-corrected chi connectivity index (χ3v) is 4.89. The van der Waals surface area contributed by atoms with Gasteiger partial charge in [-0.2, -0.15) is 0 Å². The van der Waals surface area contributed by atoms with Crippen molar-refractivity contribution >= 4 is 17.3 Å². The molecule has 1 N–H and O–H groups in total. The molecule has 138 valence electrons. The number of Topliss-reactive ketones (excluding diaryl/α,β-unsaturated/α-hetero) is 1. The Kier molecular flexibility index (Phi) is 4.30. The number of hydrogen-bond donors (Lipinski definition) is 1. The molecular formula is C22H22FN3O. The van der Waals surface area contributed by atoms with Crippen LogP contribution in [0.3, 0.4) is 0 Å². The smallest absolute Gasteiger partial charge is 0.168 e. The number of fused-ring (bicyclic) bond motifs is 1. The van der Waals surface area contributed by atoms with Crippen molar-refractivity contribution in [2.24, 2.45) is 5.92 Å². The number of aryl methyl sites for hydroxylation is 2. The highest BCUT2D eigenvalue weighted by Gasteiger charge is 2.31. The van der Waals surface area contributed by atoms with Gasteiger partial charge in [-0.15, -0.1) is 5.10 Å². The highest BCUT2D eigenvalue weighted by atomic mass is 19.1. The molecule has 1 unspecified atom stereocenters. The highest BCUT2D eigenvalue weighted by Crippen LogP contribution is 2.34. The molecule has 0 saturated carbocycles. The standard InChI is InChI=1S/C22H22FN3O/c1-13-8-14(2)10-17(9-13)24-22-21-19(11-15(3)12-20(21)27)26(25-22)18-6-4-16(23)5-7-18/h4-10,15H,11-12H2,1-3H3,(H,24,25). The molecule has 1 heterocycles. The van der Waals surface area contributed by atoms with Gasteiger partial charge in [-0.25, -0.2) is 9.07 Å². The Bertz CT molecular complexity index is 1000. The summed E-state index contributed by atoms with van der Waals surface area (Å²) in [5.74, 6) is 0.632. The van der Waals surface area contributed by atoms with E-state index < -0.39 is 0 Å². The van der Waals surface area contributed by atoms with Gasteiger partial charge in [0.25, 0.3) is 0 Å². The van der Waals surface area contributed by atoms with E-state index in [-0.39, 0.29) is 17.5 Å². The molecule has 0 spiro atoms. The summed E-state index contributed by atoms with van der Waals surface area (Å²) in [4.78, 5) is 12.8. The molecule has 0 radical (unpaired) electrons. The molecule has 0 amide bonds. The summed E-state index contributed by atoms with van der Waals surface area (Å²) in [6.07, 6.45) is 1.28. The van der Waals surface area contributed by atoms with Gasteiger partial charge in [0, 0.05) is 12.1 Å². The summed E-state index contributed by atoms with van der Waals surface area (Å²) in [5.41, 5.74) is 5.48. The Hall–Kier alpha value is -2.95. The molecule has 1 aliphatic carbocycles. The van der Waals surface area contributed by atoms with Crippen LogP contribution in [-0.4, -0.2) is 15.6 Å². The second kappa shape index (κ2) is 6.65. The molecule has 0 fully saturated rings. The monoisotopic (exact) mass is 363 g/mol. The largest absolute Gasteiger partial charge is 0.338 e. The van der Waals surface area contributed by atoms with Gasteiger partial charge in [0.1, 0.15) is 5.82 Å². The molecule has 3 aromatic rings. The fourth-order valence-corrected chi connectivity index (χ4v) is 3.82. The maximum Gasteiger partial charge on any atom is 0.168 e. The van der Waals surface area contributed by atoms with E-state index in [0.29, 0.717) is 17.8 Å². The van der Waals surface area contributed by atoms with E-state index >= 15 is 0 Å². The second-order valence-corrected chi connectivity index (χ2v) is 7.50. The lowest BCUT2D eigenvalue weighted by Gasteiger charge is -2.19. The average molecular weight is 363 g/mol. The van der Waals surface area contributed by atoms with Gasteiger partial charge < -0.3 is 5.32 Å². The molecule has 1 atom stereocenters. The third kappa shape index (κ3) is 3.37. The Morgan fingerprint density at radius 3 is 2.41 bits per heavy atom. The number of carbonyl (C=O) groups is 1. The number of halogens is 1. The normalized spacial score (nSPS) is 16.3. The number of rotatable bonds is 3. The number of ketones is 1. The van der Waals surface area contributed by atoms with Gasteiger partial charge in [-0.3, -0.25) is 4.79 Å². The van der Waals surface area contributed by atoms with Crippen molar-refractivity contribution in [3.63, 3.8) is 0 Å². The lowest BCUT2D eigenvalue weighted by Crippen LogP contribution is -2.19. The topological polar surface area (TPSA) is 46.9 Å². The van der Waals surface area contributed by atoms with Crippen molar-refractivity contribution in [3.8, 4) is 5.69 Å². The predicted molar refractivity (Wildman–Crippen MR) is 105 cm³/mol. The Labute approximate surface area is 158 Å². The van der Waals surface area contributed by atoms with Crippen LogP contribution in [0.1, 0.15) is 40.5 Å². The fourth-order valence-electron chi connectivity index (χ4n) is 3.82. The predicted octanol–water partition coefficient (Wildman–Crippen LogP) is 5.14. The molecule has 0 saturated heterocycles. The van der Waals surface area contributed by atoms with Crippen LogP contribution < -0.4 is 5.32 Å². The minimum atomic E-state index is -0.294. The Morgan fingerprint density at radius 1 is 1.07 bits per heavy atom. The lowest BCUT2D eigenvalue weighted by molar-refractivity contribution is 0.0953. The second-order valence-electron chi connectivity index (χ2n) is 7.50. The fraction of sp³-hybridized carbons (Fsp3) is 0.273. The van der Waals surface area contributed by atoms with Gasteiger partial charge in [0.05, 0.1) is 16.9 Å². The summed E-state index contributed by atoms with van der Waals surface area (Å²) in [7, 11) is 0.